The molecular formula is C17H20N2O2S. The highest BCUT2D eigenvalue weighted by Crippen LogP contribution is 2.15. The molecule has 1 aromatic carbocycles. The fraction of sp³-hybridized carbons (Fsp3) is 0.353. The second-order valence-electron chi connectivity index (χ2n) is 5.52. The molecule has 1 saturated heterocycles. The molecule has 0 bridgehead atoms. The number of carbonyl (C=O) groups excluding carboxylic acids is 1. The standard InChI is InChI=1S/C17H20N2O2S/c20-13-15-5-3-14(4-6-15)12-18-7-9-19(10-8-18)17(21)16-2-1-11-22-16/h1-6,11,20H,7-10,12-13H2. The van der Waals surface area contributed by atoms with Gasteiger partial charge in [-0.25, -0.2) is 0 Å². The highest BCUT2D eigenvalue weighted by atomic mass is 32.1. The molecule has 0 radical (unpaired) electrons. The lowest BCUT2D eigenvalue weighted by molar-refractivity contribution is 0.0633. The van der Waals surface area contributed by atoms with Crippen molar-refractivity contribution >= 4 is 17.2 Å². The number of hydrogen-bond donors (Lipinski definition) is 1. The highest BCUT2D eigenvalue weighted by molar-refractivity contribution is 7.12. The summed E-state index contributed by atoms with van der Waals surface area (Å²) in [6.07, 6.45) is 0. The number of aliphatic hydroxyl groups is 1. The van der Waals surface area contributed by atoms with E-state index in [0.29, 0.717) is 0 Å². The summed E-state index contributed by atoms with van der Waals surface area (Å²) in [5, 5.41) is 11.0. The van der Waals surface area contributed by atoms with Gasteiger partial charge in [-0.05, 0) is 22.6 Å². The Balaban J connectivity index is 1.52. The Morgan fingerprint density at radius 2 is 1.73 bits per heavy atom. The average Bonchev–Trinajstić information content (AvgIpc) is 3.10. The van der Waals surface area contributed by atoms with Gasteiger partial charge in [0.05, 0.1) is 11.5 Å². The van der Waals surface area contributed by atoms with E-state index in [2.05, 4.69) is 17.0 Å². The van der Waals surface area contributed by atoms with E-state index in [1.165, 1.54) is 16.9 Å². The zero-order chi connectivity index (χ0) is 15.4. The average molecular weight is 316 g/mol. The molecule has 1 fully saturated rings. The van der Waals surface area contributed by atoms with Crippen LogP contribution in [-0.2, 0) is 13.2 Å². The largest absolute Gasteiger partial charge is 0.392 e. The van der Waals surface area contributed by atoms with Crippen molar-refractivity contribution in [2.75, 3.05) is 26.2 Å². The van der Waals surface area contributed by atoms with Gasteiger partial charge in [-0.2, -0.15) is 0 Å². The molecule has 1 aliphatic heterocycles. The summed E-state index contributed by atoms with van der Waals surface area (Å²) in [7, 11) is 0. The van der Waals surface area contributed by atoms with Gasteiger partial charge in [0.25, 0.3) is 5.91 Å². The van der Waals surface area contributed by atoms with Crippen LogP contribution in [0.2, 0.25) is 0 Å². The maximum atomic E-state index is 12.3. The third-order valence-corrected chi connectivity index (χ3v) is 4.86. The van der Waals surface area contributed by atoms with Gasteiger partial charge in [-0.15, -0.1) is 11.3 Å². The first-order valence-corrected chi connectivity index (χ1v) is 8.38. The van der Waals surface area contributed by atoms with Crippen molar-refractivity contribution < 1.29 is 9.90 Å². The summed E-state index contributed by atoms with van der Waals surface area (Å²) in [6.45, 7) is 4.35. The number of nitrogens with zero attached hydrogens (tertiary/aromatic N) is 2. The molecule has 5 heteroatoms. The maximum absolute atomic E-state index is 12.3. The summed E-state index contributed by atoms with van der Waals surface area (Å²) in [5.41, 5.74) is 2.19. The first-order chi connectivity index (χ1) is 10.8. The fourth-order valence-electron chi connectivity index (χ4n) is 2.67. The molecule has 116 valence electrons. The SMILES string of the molecule is O=C(c1cccs1)N1CCN(Cc2ccc(CO)cc2)CC1. The summed E-state index contributed by atoms with van der Waals surface area (Å²) < 4.78 is 0. The van der Waals surface area contributed by atoms with E-state index in [0.717, 1.165) is 43.2 Å². The molecule has 1 aliphatic rings. The van der Waals surface area contributed by atoms with Crippen LogP contribution in [-0.4, -0.2) is 47.0 Å². The molecule has 0 aliphatic carbocycles. The number of benzene rings is 1. The lowest BCUT2D eigenvalue weighted by atomic mass is 10.1. The summed E-state index contributed by atoms with van der Waals surface area (Å²) in [5.74, 6) is 0.155. The molecular weight excluding hydrogens is 296 g/mol. The minimum absolute atomic E-state index is 0.0871. The van der Waals surface area contributed by atoms with Gasteiger partial charge in [0, 0.05) is 32.7 Å². The molecule has 0 atom stereocenters. The lowest BCUT2D eigenvalue weighted by Crippen LogP contribution is -2.48. The zero-order valence-corrected chi connectivity index (χ0v) is 13.3. The molecule has 3 rings (SSSR count). The molecule has 0 saturated carbocycles. The van der Waals surface area contributed by atoms with Gasteiger partial charge >= 0.3 is 0 Å². The Bertz CT molecular complexity index is 602. The Morgan fingerprint density at radius 1 is 1.05 bits per heavy atom. The molecule has 1 aromatic heterocycles. The molecule has 2 heterocycles. The number of piperazine rings is 1. The van der Waals surface area contributed by atoms with Crippen LogP contribution in [0.15, 0.2) is 41.8 Å². The van der Waals surface area contributed by atoms with E-state index in [-0.39, 0.29) is 12.5 Å². The van der Waals surface area contributed by atoms with E-state index in [9.17, 15) is 4.79 Å². The quantitative estimate of drug-likeness (QED) is 0.940. The van der Waals surface area contributed by atoms with Crippen molar-refractivity contribution in [3.05, 3.63) is 57.8 Å². The summed E-state index contributed by atoms with van der Waals surface area (Å²) >= 11 is 1.51. The zero-order valence-electron chi connectivity index (χ0n) is 12.4. The van der Waals surface area contributed by atoms with Crippen molar-refractivity contribution in [2.24, 2.45) is 0 Å². The van der Waals surface area contributed by atoms with E-state index in [4.69, 9.17) is 5.11 Å². The predicted octanol–water partition coefficient (Wildman–Crippen LogP) is 2.20. The number of carbonyl (C=O) groups is 1. The van der Waals surface area contributed by atoms with E-state index in [1.807, 2.05) is 34.5 Å². The van der Waals surface area contributed by atoms with Crippen molar-refractivity contribution in [3.63, 3.8) is 0 Å². The Labute approximate surface area is 134 Å². The summed E-state index contributed by atoms with van der Waals surface area (Å²) in [6, 6.07) is 11.9. The van der Waals surface area contributed by atoms with Gasteiger partial charge in [0.2, 0.25) is 0 Å². The van der Waals surface area contributed by atoms with E-state index < -0.39 is 0 Å². The highest BCUT2D eigenvalue weighted by Gasteiger charge is 2.22. The van der Waals surface area contributed by atoms with Gasteiger partial charge in [-0.3, -0.25) is 9.69 Å². The predicted molar refractivity (Wildman–Crippen MR) is 87.9 cm³/mol. The van der Waals surface area contributed by atoms with Gasteiger partial charge in [0.15, 0.2) is 0 Å². The number of thiophene rings is 1. The van der Waals surface area contributed by atoms with Crippen LogP contribution in [0.25, 0.3) is 0 Å². The molecule has 1 N–H and O–H groups in total. The first-order valence-electron chi connectivity index (χ1n) is 7.50. The van der Waals surface area contributed by atoms with Crippen LogP contribution >= 0.6 is 11.3 Å². The number of aliphatic hydroxyl groups excluding tert-OH is 1. The van der Waals surface area contributed by atoms with Crippen molar-refractivity contribution in [3.8, 4) is 0 Å². The monoisotopic (exact) mass is 316 g/mol. The molecule has 4 nitrogen and oxygen atoms in total. The number of amides is 1. The van der Waals surface area contributed by atoms with Gasteiger partial charge < -0.3 is 10.0 Å². The van der Waals surface area contributed by atoms with Crippen LogP contribution < -0.4 is 0 Å². The minimum Gasteiger partial charge on any atom is -0.392 e. The summed E-state index contributed by atoms with van der Waals surface area (Å²) in [4.78, 5) is 17.4. The van der Waals surface area contributed by atoms with E-state index in [1.54, 1.807) is 0 Å². The number of rotatable bonds is 4. The fourth-order valence-corrected chi connectivity index (χ4v) is 3.36. The van der Waals surface area contributed by atoms with Crippen LogP contribution in [0.1, 0.15) is 20.8 Å². The smallest absolute Gasteiger partial charge is 0.264 e. The third kappa shape index (κ3) is 3.55. The van der Waals surface area contributed by atoms with Crippen LogP contribution in [0.3, 0.4) is 0 Å². The van der Waals surface area contributed by atoms with Crippen LogP contribution in [0.4, 0.5) is 0 Å². The Hall–Kier alpha value is -1.69. The van der Waals surface area contributed by atoms with Crippen LogP contribution in [0, 0.1) is 0 Å². The molecule has 1 amide bonds. The topological polar surface area (TPSA) is 43.8 Å². The minimum atomic E-state index is 0.0871. The van der Waals surface area contributed by atoms with Crippen molar-refractivity contribution in [2.45, 2.75) is 13.2 Å². The Morgan fingerprint density at radius 3 is 2.32 bits per heavy atom. The first kappa shape index (κ1) is 15.2. The maximum Gasteiger partial charge on any atom is 0.264 e. The van der Waals surface area contributed by atoms with Crippen molar-refractivity contribution in [1.29, 1.82) is 0 Å². The number of hydrogen-bond acceptors (Lipinski definition) is 4. The van der Waals surface area contributed by atoms with Crippen molar-refractivity contribution in [1.82, 2.24) is 9.80 Å². The molecule has 0 spiro atoms. The molecule has 2 aromatic rings. The van der Waals surface area contributed by atoms with Crippen LogP contribution in [0.5, 0.6) is 0 Å². The third-order valence-electron chi connectivity index (χ3n) is 4.00. The molecule has 22 heavy (non-hydrogen) atoms. The Kier molecular flexibility index (Phi) is 4.87. The second-order valence-corrected chi connectivity index (χ2v) is 6.47. The lowest BCUT2D eigenvalue weighted by Gasteiger charge is -2.34. The second kappa shape index (κ2) is 7.05. The van der Waals surface area contributed by atoms with E-state index >= 15 is 0 Å². The van der Waals surface area contributed by atoms with Gasteiger partial charge in [0.1, 0.15) is 0 Å². The molecule has 0 unspecified atom stereocenters. The van der Waals surface area contributed by atoms with Gasteiger partial charge in [-0.1, -0.05) is 30.3 Å². The normalized spacial score (nSPS) is 16.0.